The summed E-state index contributed by atoms with van der Waals surface area (Å²) in [4.78, 5) is 10.5. The minimum atomic E-state index is 0.218. The van der Waals surface area contributed by atoms with Crippen molar-refractivity contribution in [2.24, 2.45) is 0 Å². The predicted molar refractivity (Wildman–Crippen MR) is 93.2 cm³/mol. The van der Waals surface area contributed by atoms with Gasteiger partial charge < -0.3 is 15.2 Å². The fourth-order valence-corrected chi connectivity index (χ4v) is 3.97. The van der Waals surface area contributed by atoms with Crippen molar-refractivity contribution >= 4 is 23.4 Å². The normalized spacial score (nSPS) is 21.4. The largest absolute Gasteiger partial charge is 0.368 e. The van der Waals surface area contributed by atoms with Crippen molar-refractivity contribution in [2.45, 2.75) is 51.0 Å². The molecule has 0 radical (unpaired) electrons. The molecule has 1 atom stereocenters. The second kappa shape index (κ2) is 6.55. The van der Waals surface area contributed by atoms with Gasteiger partial charge in [-0.15, -0.1) is 10.2 Å². The van der Waals surface area contributed by atoms with Crippen LogP contribution in [0.3, 0.4) is 0 Å². The van der Waals surface area contributed by atoms with Gasteiger partial charge >= 0.3 is 0 Å². The first-order chi connectivity index (χ1) is 11.7. The summed E-state index contributed by atoms with van der Waals surface area (Å²) in [6.45, 7) is 2.86. The lowest BCUT2D eigenvalue weighted by Crippen LogP contribution is -2.36. The molecule has 2 aromatic rings. The molecule has 1 fully saturated rings. The van der Waals surface area contributed by atoms with Crippen molar-refractivity contribution in [3.63, 3.8) is 0 Å². The zero-order valence-corrected chi connectivity index (χ0v) is 14.4. The van der Waals surface area contributed by atoms with Crippen LogP contribution in [0.15, 0.2) is 6.07 Å². The number of hydrogen-bond acceptors (Lipinski definition) is 6. The number of aromatic nitrogens is 5. The SMILES string of the molecule is Nc1nc(Cl)cc(N2CCCC(c3nnc4n3CCCCC4)C2)n1. The molecule has 0 bridgehead atoms. The maximum absolute atomic E-state index is 6.03. The van der Waals surface area contributed by atoms with Gasteiger partial charge in [0, 0.05) is 38.0 Å². The van der Waals surface area contributed by atoms with E-state index in [1.165, 1.54) is 19.3 Å². The molecule has 1 saturated heterocycles. The highest BCUT2D eigenvalue weighted by Crippen LogP contribution is 2.30. The number of aryl methyl sites for hydroxylation is 1. The van der Waals surface area contributed by atoms with Crippen molar-refractivity contribution in [1.82, 2.24) is 24.7 Å². The van der Waals surface area contributed by atoms with Gasteiger partial charge in [0.15, 0.2) is 0 Å². The molecule has 2 aromatic heterocycles. The van der Waals surface area contributed by atoms with E-state index in [1.54, 1.807) is 6.07 Å². The van der Waals surface area contributed by atoms with E-state index < -0.39 is 0 Å². The highest BCUT2D eigenvalue weighted by molar-refractivity contribution is 6.29. The molecule has 2 aliphatic rings. The molecule has 4 heterocycles. The van der Waals surface area contributed by atoms with Crippen molar-refractivity contribution < 1.29 is 0 Å². The van der Waals surface area contributed by atoms with Gasteiger partial charge in [-0.2, -0.15) is 4.98 Å². The molecule has 24 heavy (non-hydrogen) atoms. The van der Waals surface area contributed by atoms with E-state index in [0.29, 0.717) is 11.1 Å². The van der Waals surface area contributed by atoms with Gasteiger partial charge in [-0.05, 0) is 25.7 Å². The third-order valence-corrected chi connectivity index (χ3v) is 5.14. The summed E-state index contributed by atoms with van der Waals surface area (Å²) in [5, 5.41) is 9.36. The lowest BCUT2D eigenvalue weighted by atomic mass is 9.97. The van der Waals surface area contributed by atoms with E-state index in [-0.39, 0.29) is 5.95 Å². The fourth-order valence-electron chi connectivity index (χ4n) is 3.79. The molecule has 0 saturated carbocycles. The van der Waals surface area contributed by atoms with E-state index in [9.17, 15) is 0 Å². The summed E-state index contributed by atoms with van der Waals surface area (Å²) in [5.41, 5.74) is 5.74. The maximum Gasteiger partial charge on any atom is 0.223 e. The summed E-state index contributed by atoms with van der Waals surface area (Å²) in [6, 6.07) is 1.78. The van der Waals surface area contributed by atoms with Crippen LogP contribution in [0, 0.1) is 0 Å². The Morgan fingerprint density at radius 3 is 2.88 bits per heavy atom. The van der Waals surface area contributed by atoms with E-state index >= 15 is 0 Å². The quantitative estimate of drug-likeness (QED) is 0.839. The average Bonchev–Trinajstić information content (AvgIpc) is 2.83. The van der Waals surface area contributed by atoms with Gasteiger partial charge in [-0.3, -0.25) is 0 Å². The molecular formula is C16H22ClN7. The van der Waals surface area contributed by atoms with Crippen molar-refractivity contribution in [1.29, 1.82) is 0 Å². The average molecular weight is 348 g/mol. The Bertz CT molecular complexity index is 709. The third kappa shape index (κ3) is 3.05. The molecule has 2 aliphatic heterocycles. The molecule has 1 unspecified atom stereocenters. The summed E-state index contributed by atoms with van der Waals surface area (Å²) in [5.74, 6) is 3.66. The Hall–Kier alpha value is -1.89. The minimum absolute atomic E-state index is 0.218. The lowest BCUT2D eigenvalue weighted by Gasteiger charge is -2.33. The maximum atomic E-state index is 6.03. The van der Waals surface area contributed by atoms with E-state index in [0.717, 1.165) is 56.4 Å². The highest BCUT2D eigenvalue weighted by Gasteiger charge is 2.28. The number of halogens is 1. The highest BCUT2D eigenvalue weighted by atomic mass is 35.5. The lowest BCUT2D eigenvalue weighted by molar-refractivity contribution is 0.464. The second-order valence-corrected chi connectivity index (χ2v) is 7.02. The van der Waals surface area contributed by atoms with Crippen LogP contribution in [0.25, 0.3) is 0 Å². The number of piperidine rings is 1. The predicted octanol–water partition coefficient (Wildman–Crippen LogP) is 2.41. The first kappa shape index (κ1) is 15.6. The Labute approximate surface area is 146 Å². The van der Waals surface area contributed by atoms with Crippen molar-refractivity contribution in [2.75, 3.05) is 23.7 Å². The van der Waals surface area contributed by atoms with Gasteiger partial charge in [0.05, 0.1) is 0 Å². The first-order valence-electron chi connectivity index (χ1n) is 8.67. The van der Waals surface area contributed by atoms with Crippen LogP contribution in [0.4, 0.5) is 11.8 Å². The first-order valence-corrected chi connectivity index (χ1v) is 9.05. The molecule has 0 aliphatic carbocycles. The number of rotatable bonds is 2. The van der Waals surface area contributed by atoms with Crippen LogP contribution in [0.5, 0.6) is 0 Å². The number of hydrogen-bond donors (Lipinski definition) is 1. The minimum Gasteiger partial charge on any atom is -0.368 e. The zero-order chi connectivity index (χ0) is 16.5. The molecular weight excluding hydrogens is 326 g/mol. The Morgan fingerprint density at radius 2 is 2.00 bits per heavy atom. The number of nitrogens with zero attached hydrogens (tertiary/aromatic N) is 6. The van der Waals surface area contributed by atoms with Gasteiger partial charge in [0.2, 0.25) is 5.95 Å². The Balaban J connectivity index is 1.58. The second-order valence-electron chi connectivity index (χ2n) is 6.63. The molecule has 0 aromatic carbocycles. The van der Waals surface area contributed by atoms with Gasteiger partial charge in [-0.1, -0.05) is 18.0 Å². The molecule has 8 heteroatoms. The molecule has 2 N–H and O–H groups in total. The number of fused-ring (bicyclic) bond motifs is 1. The van der Waals surface area contributed by atoms with E-state index in [1.807, 2.05) is 0 Å². The molecule has 128 valence electrons. The van der Waals surface area contributed by atoms with Crippen LogP contribution < -0.4 is 10.6 Å². The van der Waals surface area contributed by atoms with Crippen LogP contribution in [0.1, 0.15) is 49.7 Å². The van der Waals surface area contributed by atoms with Gasteiger partial charge in [0.1, 0.15) is 22.6 Å². The van der Waals surface area contributed by atoms with Crippen LogP contribution in [-0.4, -0.2) is 37.8 Å². The van der Waals surface area contributed by atoms with Crippen LogP contribution in [-0.2, 0) is 13.0 Å². The van der Waals surface area contributed by atoms with Crippen LogP contribution >= 0.6 is 11.6 Å². The van der Waals surface area contributed by atoms with Gasteiger partial charge in [0.25, 0.3) is 0 Å². The topological polar surface area (TPSA) is 85.8 Å². The monoisotopic (exact) mass is 347 g/mol. The van der Waals surface area contributed by atoms with E-state index in [2.05, 4.69) is 29.6 Å². The fraction of sp³-hybridized carbons (Fsp3) is 0.625. The van der Waals surface area contributed by atoms with E-state index in [4.69, 9.17) is 17.3 Å². The third-order valence-electron chi connectivity index (χ3n) is 4.95. The summed E-state index contributed by atoms with van der Waals surface area (Å²) < 4.78 is 2.35. The molecule has 7 nitrogen and oxygen atoms in total. The Morgan fingerprint density at radius 1 is 1.08 bits per heavy atom. The van der Waals surface area contributed by atoms with Crippen molar-refractivity contribution in [3.05, 3.63) is 22.9 Å². The summed E-state index contributed by atoms with van der Waals surface area (Å²) in [6.07, 6.45) is 6.97. The standard InChI is InChI=1S/C16H22ClN7/c17-12-9-14(20-16(18)19-12)23-7-4-5-11(10-23)15-22-21-13-6-2-1-3-8-24(13)15/h9,11H,1-8,10H2,(H2,18,19,20). The summed E-state index contributed by atoms with van der Waals surface area (Å²) >= 11 is 6.03. The van der Waals surface area contributed by atoms with Crippen LogP contribution in [0.2, 0.25) is 5.15 Å². The Kier molecular flexibility index (Phi) is 4.26. The number of anilines is 2. The van der Waals surface area contributed by atoms with Crippen molar-refractivity contribution in [3.8, 4) is 0 Å². The molecule has 4 rings (SSSR count). The smallest absolute Gasteiger partial charge is 0.223 e. The zero-order valence-electron chi connectivity index (χ0n) is 13.7. The molecule has 0 amide bonds. The molecule has 0 spiro atoms. The van der Waals surface area contributed by atoms with Gasteiger partial charge in [-0.25, -0.2) is 4.98 Å². The number of nitrogens with two attached hydrogens (primary N) is 1. The number of nitrogen functional groups attached to an aromatic ring is 1. The summed E-state index contributed by atoms with van der Waals surface area (Å²) in [7, 11) is 0.